The first-order chi connectivity index (χ1) is 30.0. The van der Waals surface area contributed by atoms with Gasteiger partial charge in [-0.15, -0.1) is 0 Å². The van der Waals surface area contributed by atoms with Crippen LogP contribution in [-0.2, 0) is 47.5 Å². The van der Waals surface area contributed by atoms with Crippen molar-refractivity contribution < 1.29 is 67.3 Å². The molecule has 2 saturated carbocycles. The molecule has 11 atom stereocenters. The van der Waals surface area contributed by atoms with E-state index in [1.807, 2.05) is 0 Å². The summed E-state index contributed by atoms with van der Waals surface area (Å²) in [6, 6.07) is 23.6. The quantitative estimate of drug-likeness (QED) is 0.0768. The van der Waals surface area contributed by atoms with Gasteiger partial charge in [-0.05, 0) is 54.8 Å². The number of aliphatic hydroxyl groups is 2. The van der Waals surface area contributed by atoms with Crippen LogP contribution in [0, 0.1) is 16.7 Å². The number of hydrogen-bond donors (Lipinski definition) is 3. The lowest BCUT2D eigenvalue weighted by molar-refractivity contribution is -0.351. The zero-order valence-corrected chi connectivity index (χ0v) is 36.0. The van der Waals surface area contributed by atoms with Crippen LogP contribution in [0.2, 0.25) is 0 Å². The summed E-state index contributed by atoms with van der Waals surface area (Å²) < 4.78 is 43.0. The molecule has 1 amide bonds. The summed E-state index contributed by atoms with van der Waals surface area (Å²) in [7, 11) is 1.43. The van der Waals surface area contributed by atoms with Crippen LogP contribution >= 0.6 is 0 Å². The first-order valence-corrected chi connectivity index (χ1v) is 21.1. The van der Waals surface area contributed by atoms with Crippen LogP contribution in [0.4, 0.5) is 0 Å². The normalized spacial score (nSPS) is 33.5. The van der Waals surface area contributed by atoms with Crippen molar-refractivity contribution in [3.05, 3.63) is 119 Å². The summed E-state index contributed by atoms with van der Waals surface area (Å²) in [4.78, 5) is 71.3. The van der Waals surface area contributed by atoms with Crippen molar-refractivity contribution in [1.29, 1.82) is 0 Å². The minimum atomic E-state index is -2.23. The van der Waals surface area contributed by atoms with E-state index in [1.54, 1.807) is 119 Å². The molecule has 15 heteroatoms. The van der Waals surface area contributed by atoms with E-state index in [0.29, 0.717) is 22.3 Å². The van der Waals surface area contributed by atoms with Gasteiger partial charge in [-0.2, -0.15) is 0 Å². The molecule has 3 unspecified atom stereocenters. The molecule has 2 aliphatic heterocycles. The van der Waals surface area contributed by atoms with Crippen LogP contribution < -0.4 is 5.32 Å². The van der Waals surface area contributed by atoms with E-state index in [2.05, 4.69) is 5.32 Å². The molecule has 15 nitrogen and oxygen atoms in total. The maximum Gasteiger partial charge on any atom is 0.338 e. The number of Topliss-reactive ketones (excluding diaryl/α,β-unsaturated/α-hetero) is 1. The fourth-order valence-corrected chi connectivity index (χ4v) is 11.0. The van der Waals surface area contributed by atoms with E-state index in [-0.39, 0.29) is 32.0 Å². The first kappa shape index (κ1) is 44.3. The second kappa shape index (κ2) is 16.4. The van der Waals surface area contributed by atoms with Crippen LogP contribution in [0.5, 0.6) is 0 Å². The third-order valence-corrected chi connectivity index (χ3v) is 14.1. The zero-order chi connectivity index (χ0) is 45.1. The Bertz CT molecular complexity index is 2300. The highest BCUT2D eigenvalue weighted by molar-refractivity contribution is 6.00. The van der Waals surface area contributed by atoms with Gasteiger partial charge in [0.05, 0.1) is 42.3 Å². The Morgan fingerprint density at radius 3 is 2.05 bits per heavy atom. The Hall–Kier alpha value is -5.29. The van der Waals surface area contributed by atoms with E-state index in [4.69, 9.17) is 33.2 Å². The number of rotatable bonds is 12. The highest BCUT2D eigenvalue weighted by atomic mass is 16.7. The molecule has 3 aliphatic carbocycles. The van der Waals surface area contributed by atoms with Crippen molar-refractivity contribution in [3.63, 3.8) is 0 Å². The van der Waals surface area contributed by atoms with Gasteiger partial charge in [-0.1, -0.05) is 80.6 Å². The highest BCUT2D eigenvalue weighted by Gasteiger charge is 2.82. The number of carbonyl (C=O) groups excluding carboxylic acids is 5. The Kier molecular flexibility index (Phi) is 11.5. The summed E-state index contributed by atoms with van der Waals surface area (Å²) in [5.41, 5.74) is -7.21. The minimum absolute atomic E-state index is 0.0756. The Labute approximate surface area is 365 Å². The molecular formula is C48H53NO14. The Morgan fingerprint density at radius 2 is 1.49 bits per heavy atom. The molecule has 0 radical (unpaired) electrons. The summed E-state index contributed by atoms with van der Waals surface area (Å²) in [5, 5.41) is 28.5. The van der Waals surface area contributed by atoms with Crippen molar-refractivity contribution in [2.45, 2.75) is 101 Å². The molecule has 5 aliphatic rings. The standard InChI is InChI=1S/C48H53NO14/c1-27-32(61-42(54)36(51)35(29-16-10-7-11-17-29)49-40(52)30-18-12-8-13-19-30)23-48(56)39(62-41(53)31-20-14-9-15-21-31)38-45(5,43(55)47(25-60-47)37(27)44(48,3)4)33(59-26-57-6)22-34-46(38,24-58-34)63-28(2)50/h7-21,32-36,38-39,51,56H,22-26H2,1-6H3,(H,49,52)/t32-,33-,34?,35-,36+,38?,39-,45+,46-,47-,48?/m0/s1. The number of methoxy groups -OCH3 is 1. The predicted molar refractivity (Wildman–Crippen MR) is 222 cm³/mol. The highest BCUT2D eigenvalue weighted by Crippen LogP contribution is 2.68. The van der Waals surface area contributed by atoms with Crippen molar-refractivity contribution in [2.75, 3.05) is 27.1 Å². The van der Waals surface area contributed by atoms with Crippen LogP contribution in [0.15, 0.2) is 102 Å². The number of ketones is 1. The monoisotopic (exact) mass is 867 g/mol. The topological polar surface area (TPSA) is 206 Å². The lowest BCUT2D eigenvalue weighted by atomic mass is 9.43. The molecule has 63 heavy (non-hydrogen) atoms. The molecule has 4 fully saturated rings. The number of hydrogen-bond acceptors (Lipinski definition) is 14. The van der Waals surface area contributed by atoms with Gasteiger partial charge >= 0.3 is 17.9 Å². The number of amides is 1. The van der Waals surface area contributed by atoms with Crippen molar-refractivity contribution >= 4 is 29.6 Å². The molecule has 0 aromatic heterocycles. The number of aliphatic hydroxyl groups excluding tert-OH is 1. The van der Waals surface area contributed by atoms with Gasteiger partial charge in [0.15, 0.2) is 23.1 Å². The maximum atomic E-state index is 15.9. The van der Waals surface area contributed by atoms with Gasteiger partial charge in [-0.3, -0.25) is 14.4 Å². The molecule has 8 rings (SSSR count). The van der Waals surface area contributed by atoms with E-state index >= 15 is 4.79 Å². The van der Waals surface area contributed by atoms with Crippen molar-refractivity contribution in [1.82, 2.24) is 5.32 Å². The molecule has 3 N–H and O–H groups in total. The predicted octanol–water partition coefficient (Wildman–Crippen LogP) is 4.20. The third kappa shape index (κ3) is 7.09. The first-order valence-electron chi connectivity index (χ1n) is 21.1. The fourth-order valence-electron chi connectivity index (χ4n) is 11.0. The molecule has 2 saturated heterocycles. The Morgan fingerprint density at radius 1 is 0.889 bits per heavy atom. The van der Waals surface area contributed by atoms with Crippen LogP contribution in [-0.4, -0.2) is 114 Å². The lowest BCUT2D eigenvalue weighted by Crippen LogP contribution is -2.82. The van der Waals surface area contributed by atoms with Crippen molar-refractivity contribution in [2.24, 2.45) is 16.7 Å². The third-order valence-electron chi connectivity index (χ3n) is 14.1. The summed E-state index contributed by atoms with van der Waals surface area (Å²) in [6.07, 6.45) is -7.19. The number of benzene rings is 3. The van der Waals surface area contributed by atoms with Crippen LogP contribution in [0.25, 0.3) is 0 Å². The van der Waals surface area contributed by atoms with Gasteiger partial charge in [0.2, 0.25) is 0 Å². The van der Waals surface area contributed by atoms with E-state index in [0.717, 1.165) is 0 Å². The van der Waals surface area contributed by atoms with Gasteiger partial charge in [0, 0.05) is 37.9 Å². The number of epoxide rings is 1. The molecule has 1 spiro atoms. The SMILES string of the molecule is COCO[C@H]1CC2OC[C@@]2(OC(C)=O)C2[C@H](OC(=O)c3ccccc3)C3(O)C[C@H](OC(=O)[C@H](O)[C@@H](NC(=O)c4ccccc4)c4ccccc4)C(C)=C(C3(C)C)[C@@]3(CO3)C(=O)[C@@]21C. The largest absolute Gasteiger partial charge is 0.456 e. The second-order valence-corrected chi connectivity index (χ2v) is 18.0. The van der Waals surface area contributed by atoms with Gasteiger partial charge < -0.3 is 48.7 Å². The maximum absolute atomic E-state index is 15.9. The van der Waals surface area contributed by atoms with E-state index < -0.39 is 106 Å². The smallest absolute Gasteiger partial charge is 0.338 e. The van der Waals surface area contributed by atoms with Gasteiger partial charge in [0.1, 0.15) is 30.7 Å². The summed E-state index contributed by atoms with van der Waals surface area (Å²) in [5.74, 6) is -5.06. The average Bonchev–Trinajstić information content (AvgIpc) is 4.06. The average molecular weight is 868 g/mol. The zero-order valence-electron chi connectivity index (χ0n) is 36.0. The molecule has 3 aromatic carbocycles. The van der Waals surface area contributed by atoms with Gasteiger partial charge in [-0.25, -0.2) is 9.59 Å². The van der Waals surface area contributed by atoms with E-state index in [9.17, 15) is 29.4 Å². The number of ether oxygens (including phenoxy) is 7. The van der Waals surface area contributed by atoms with Crippen LogP contribution in [0.1, 0.15) is 79.8 Å². The fraction of sp³-hybridized carbons (Fsp3) is 0.479. The molecule has 3 aromatic rings. The molecule has 2 heterocycles. The second-order valence-electron chi connectivity index (χ2n) is 18.0. The van der Waals surface area contributed by atoms with E-state index in [1.165, 1.54) is 14.0 Å². The number of nitrogens with one attached hydrogen (secondary N) is 1. The van der Waals surface area contributed by atoms with Crippen LogP contribution in [0.3, 0.4) is 0 Å². The lowest BCUT2D eigenvalue weighted by Gasteiger charge is -2.68. The molecule has 2 bridgehead atoms. The number of esters is 3. The Balaban J connectivity index is 1.27. The number of carbonyl (C=O) groups is 5. The summed E-state index contributed by atoms with van der Waals surface area (Å²) >= 11 is 0. The summed E-state index contributed by atoms with van der Waals surface area (Å²) in [6.45, 7) is 7.43. The molecule has 334 valence electrons. The van der Waals surface area contributed by atoms with Crippen molar-refractivity contribution in [3.8, 4) is 0 Å². The minimum Gasteiger partial charge on any atom is -0.456 e. The molecular weight excluding hydrogens is 815 g/mol. The number of fused-ring (bicyclic) bond motifs is 6. The van der Waals surface area contributed by atoms with Gasteiger partial charge in [0.25, 0.3) is 5.91 Å².